The van der Waals surface area contributed by atoms with Gasteiger partial charge in [0.25, 0.3) is 0 Å². The first-order valence-corrected chi connectivity index (χ1v) is 9.31. The summed E-state index contributed by atoms with van der Waals surface area (Å²) in [5.41, 5.74) is 3.68. The third-order valence-corrected chi connectivity index (χ3v) is 4.39. The van der Waals surface area contributed by atoms with Crippen molar-refractivity contribution in [3.63, 3.8) is 0 Å². The van der Waals surface area contributed by atoms with Crippen LogP contribution in [0.4, 0.5) is 5.69 Å². The number of nitrogens with zero attached hydrogens (tertiary/aromatic N) is 1. The zero-order valence-electron chi connectivity index (χ0n) is 16.0. The van der Waals surface area contributed by atoms with Crippen LogP contribution in [0.15, 0.2) is 84.9 Å². The quantitative estimate of drug-likeness (QED) is 0.591. The van der Waals surface area contributed by atoms with E-state index >= 15 is 0 Å². The molecule has 28 heavy (non-hydrogen) atoms. The highest BCUT2D eigenvalue weighted by molar-refractivity contribution is 5.98. The topological polar surface area (TPSA) is 49.4 Å². The van der Waals surface area contributed by atoms with E-state index in [1.807, 2.05) is 36.4 Å². The SMILES string of the molecule is CC(=O)Nc1ccc(C(=O)CN(Cc2ccccc2)Cc2ccccc2)cc1. The number of ketones is 1. The lowest BCUT2D eigenvalue weighted by molar-refractivity contribution is -0.114. The molecule has 3 aromatic rings. The number of amides is 1. The zero-order chi connectivity index (χ0) is 19.8. The van der Waals surface area contributed by atoms with Crippen molar-refractivity contribution in [3.8, 4) is 0 Å². The molecule has 0 fully saturated rings. The summed E-state index contributed by atoms with van der Waals surface area (Å²) in [5, 5.41) is 2.72. The predicted octanol–water partition coefficient (Wildman–Crippen LogP) is 4.53. The number of Topliss-reactive ketones (excluding diaryl/α,β-unsaturated/α-hetero) is 1. The Morgan fingerprint density at radius 1 is 0.750 bits per heavy atom. The highest BCUT2D eigenvalue weighted by atomic mass is 16.1. The molecule has 0 aliphatic rings. The molecule has 0 aliphatic carbocycles. The van der Waals surface area contributed by atoms with Crippen molar-refractivity contribution in [1.29, 1.82) is 0 Å². The fourth-order valence-electron chi connectivity index (χ4n) is 3.09. The number of rotatable bonds is 8. The molecule has 4 nitrogen and oxygen atoms in total. The Balaban J connectivity index is 1.72. The smallest absolute Gasteiger partial charge is 0.221 e. The second-order valence-electron chi connectivity index (χ2n) is 6.80. The second-order valence-corrected chi connectivity index (χ2v) is 6.80. The van der Waals surface area contributed by atoms with Gasteiger partial charge >= 0.3 is 0 Å². The number of carbonyl (C=O) groups excluding carboxylic acids is 2. The van der Waals surface area contributed by atoms with Crippen LogP contribution in [0.5, 0.6) is 0 Å². The summed E-state index contributed by atoms with van der Waals surface area (Å²) in [6, 6.07) is 27.4. The van der Waals surface area contributed by atoms with Gasteiger partial charge in [-0.2, -0.15) is 0 Å². The van der Waals surface area contributed by atoms with Gasteiger partial charge in [0.15, 0.2) is 5.78 Å². The van der Waals surface area contributed by atoms with Gasteiger partial charge in [-0.05, 0) is 35.4 Å². The van der Waals surface area contributed by atoms with Crippen LogP contribution in [0.1, 0.15) is 28.4 Å². The molecule has 0 aromatic heterocycles. The first kappa shape index (κ1) is 19.5. The van der Waals surface area contributed by atoms with Gasteiger partial charge in [-0.1, -0.05) is 60.7 Å². The Morgan fingerprint density at radius 2 is 1.25 bits per heavy atom. The van der Waals surface area contributed by atoms with Gasteiger partial charge < -0.3 is 5.32 Å². The van der Waals surface area contributed by atoms with E-state index < -0.39 is 0 Å². The number of anilines is 1. The summed E-state index contributed by atoms with van der Waals surface area (Å²) in [4.78, 5) is 26.1. The lowest BCUT2D eigenvalue weighted by Gasteiger charge is -2.22. The van der Waals surface area contributed by atoms with E-state index in [9.17, 15) is 9.59 Å². The van der Waals surface area contributed by atoms with E-state index in [1.54, 1.807) is 24.3 Å². The highest BCUT2D eigenvalue weighted by Crippen LogP contribution is 2.14. The molecule has 0 unspecified atom stereocenters. The molecule has 0 heterocycles. The van der Waals surface area contributed by atoms with Crippen molar-refractivity contribution in [2.75, 3.05) is 11.9 Å². The van der Waals surface area contributed by atoms with E-state index in [4.69, 9.17) is 0 Å². The van der Waals surface area contributed by atoms with Crippen LogP contribution in [0.2, 0.25) is 0 Å². The fourth-order valence-corrected chi connectivity index (χ4v) is 3.09. The van der Waals surface area contributed by atoms with Gasteiger partial charge in [0.05, 0.1) is 6.54 Å². The molecule has 0 bridgehead atoms. The molecular formula is C24H24N2O2. The van der Waals surface area contributed by atoms with Crippen LogP contribution in [0, 0.1) is 0 Å². The summed E-state index contributed by atoms with van der Waals surface area (Å²) < 4.78 is 0. The molecule has 0 saturated carbocycles. The minimum absolute atomic E-state index is 0.0567. The van der Waals surface area contributed by atoms with Crippen molar-refractivity contribution in [2.45, 2.75) is 20.0 Å². The zero-order valence-corrected chi connectivity index (χ0v) is 16.0. The van der Waals surface area contributed by atoms with E-state index in [0.29, 0.717) is 30.9 Å². The molecule has 0 radical (unpaired) electrons. The van der Waals surface area contributed by atoms with Crippen molar-refractivity contribution in [2.24, 2.45) is 0 Å². The van der Waals surface area contributed by atoms with Gasteiger partial charge in [-0.25, -0.2) is 0 Å². The van der Waals surface area contributed by atoms with E-state index in [-0.39, 0.29) is 11.7 Å². The normalized spacial score (nSPS) is 10.6. The Kier molecular flexibility index (Phi) is 6.71. The van der Waals surface area contributed by atoms with E-state index in [0.717, 1.165) is 0 Å². The minimum atomic E-state index is -0.129. The Labute approximate surface area is 165 Å². The molecule has 0 aliphatic heterocycles. The van der Waals surface area contributed by atoms with Crippen LogP contribution in [-0.4, -0.2) is 23.1 Å². The third kappa shape index (κ3) is 5.89. The highest BCUT2D eigenvalue weighted by Gasteiger charge is 2.14. The molecule has 1 N–H and O–H groups in total. The van der Waals surface area contributed by atoms with Crippen molar-refractivity contribution in [1.82, 2.24) is 4.90 Å². The monoisotopic (exact) mass is 372 g/mol. The third-order valence-electron chi connectivity index (χ3n) is 4.39. The molecule has 1 amide bonds. The number of hydrogen-bond acceptors (Lipinski definition) is 3. The Morgan fingerprint density at radius 3 is 1.71 bits per heavy atom. The summed E-state index contributed by atoms with van der Waals surface area (Å²) in [5.74, 6) is -0.0720. The van der Waals surface area contributed by atoms with Crippen molar-refractivity contribution >= 4 is 17.4 Å². The number of carbonyl (C=O) groups is 2. The van der Waals surface area contributed by atoms with Gasteiger partial charge in [0, 0.05) is 31.3 Å². The molecule has 0 spiro atoms. The van der Waals surface area contributed by atoms with Crippen LogP contribution in [0.3, 0.4) is 0 Å². The molecule has 0 saturated heterocycles. The van der Waals surface area contributed by atoms with Crippen LogP contribution < -0.4 is 5.32 Å². The maximum Gasteiger partial charge on any atom is 0.221 e. The number of benzene rings is 3. The second kappa shape index (κ2) is 9.62. The van der Waals surface area contributed by atoms with Gasteiger partial charge in [-0.15, -0.1) is 0 Å². The van der Waals surface area contributed by atoms with E-state index in [1.165, 1.54) is 18.1 Å². The fraction of sp³-hybridized carbons (Fsp3) is 0.167. The van der Waals surface area contributed by atoms with Crippen LogP contribution in [0.25, 0.3) is 0 Å². The minimum Gasteiger partial charge on any atom is -0.326 e. The Hall–Kier alpha value is -3.24. The molecule has 4 heteroatoms. The molecule has 3 rings (SSSR count). The van der Waals surface area contributed by atoms with E-state index in [2.05, 4.69) is 34.5 Å². The van der Waals surface area contributed by atoms with Crippen LogP contribution >= 0.6 is 0 Å². The van der Waals surface area contributed by atoms with Crippen molar-refractivity contribution < 1.29 is 9.59 Å². The van der Waals surface area contributed by atoms with Gasteiger partial charge in [0.2, 0.25) is 5.91 Å². The summed E-state index contributed by atoms with van der Waals surface area (Å²) in [6.45, 7) is 3.18. The predicted molar refractivity (Wildman–Crippen MR) is 112 cm³/mol. The maximum atomic E-state index is 12.8. The first-order valence-electron chi connectivity index (χ1n) is 9.31. The lowest BCUT2D eigenvalue weighted by atomic mass is 10.1. The average molecular weight is 372 g/mol. The summed E-state index contributed by atoms with van der Waals surface area (Å²) in [7, 11) is 0. The molecule has 142 valence electrons. The molecular weight excluding hydrogens is 348 g/mol. The lowest BCUT2D eigenvalue weighted by Crippen LogP contribution is -2.29. The number of nitrogens with one attached hydrogen (secondary N) is 1. The summed E-state index contributed by atoms with van der Waals surface area (Å²) in [6.07, 6.45) is 0. The maximum absolute atomic E-state index is 12.8. The summed E-state index contributed by atoms with van der Waals surface area (Å²) >= 11 is 0. The average Bonchev–Trinajstić information content (AvgIpc) is 2.69. The van der Waals surface area contributed by atoms with Gasteiger partial charge in [-0.3, -0.25) is 14.5 Å². The first-order chi connectivity index (χ1) is 13.6. The van der Waals surface area contributed by atoms with Crippen molar-refractivity contribution in [3.05, 3.63) is 102 Å². The number of hydrogen-bond donors (Lipinski definition) is 1. The van der Waals surface area contributed by atoms with Crippen LogP contribution in [-0.2, 0) is 17.9 Å². The van der Waals surface area contributed by atoms with Gasteiger partial charge in [0.1, 0.15) is 0 Å². The molecule has 0 atom stereocenters. The Bertz CT molecular complexity index is 865. The standard InChI is InChI=1S/C24H24N2O2/c1-19(27)25-23-14-12-22(13-15-23)24(28)18-26(16-20-8-4-2-5-9-20)17-21-10-6-3-7-11-21/h2-15H,16-18H2,1H3,(H,25,27). The largest absolute Gasteiger partial charge is 0.326 e. The molecule has 3 aromatic carbocycles.